The Morgan fingerprint density at radius 3 is 1.72 bits per heavy atom. The standard InChI is InChI=1S/C27H44O2/c1-22(2)12-9-13-23(3)14-10-15-24(4)16-11-17-25(5)20-21-29-27(28)26-18-7-6-8-19-26/h12,14,16,20,26H,6-11,13,15,17-19,21H2,1-5H3. The Morgan fingerprint density at radius 2 is 1.21 bits per heavy atom. The number of ether oxygens (including phenoxy) is 1. The van der Waals surface area contributed by atoms with E-state index in [9.17, 15) is 4.79 Å². The summed E-state index contributed by atoms with van der Waals surface area (Å²) in [6, 6.07) is 0. The zero-order chi connectivity index (χ0) is 21.5. The van der Waals surface area contributed by atoms with Crippen LogP contribution in [-0.2, 0) is 9.53 Å². The average Bonchev–Trinajstić information content (AvgIpc) is 2.68. The second-order valence-electron chi connectivity index (χ2n) is 9.01. The molecule has 0 saturated heterocycles. The Bertz CT molecular complexity index is 594. The van der Waals surface area contributed by atoms with Crippen LogP contribution in [0.4, 0.5) is 0 Å². The minimum atomic E-state index is 0.00805. The molecule has 1 saturated carbocycles. The zero-order valence-corrected chi connectivity index (χ0v) is 19.7. The number of hydrogen-bond acceptors (Lipinski definition) is 2. The van der Waals surface area contributed by atoms with Gasteiger partial charge in [0.1, 0.15) is 6.61 Å². The molecule has 1 rings (SSSR count). The molecular formula is C27H44O2. The molecule has 0 radical (unpaired) electrons. The van der Waals surface area contributed by atoms with Crippen LogP contribution in [0.1, 0.15) is 105 Å². The Labute approximate surface area is 180 Å². The number of carbonyl (C=O) groups is 1. The van der Waals surface area contributed by atoms with Gasteiger partial charge in [0.2, 0.25) is 0 Å². The van der Waals surface area contributed by atoms with Crippen molar-refractivity contribution in [2.24, 2.45) is 5.92 Å². The quantitative estimate of drug-likeness (QED) is 0.243. The van der Waals surface area contributed by atoms with Gasteiger partial charge >= 0.3 is 5.97 Å². The molecule has 1 aliphatic rings. The fraction of sp³-hybridized carbons (Fsp3) is 0.667. The van der Waals surface area contributed by atoms with Gasteiger partial charge in [-0.3, -0.25) is 4.79 Å². The molecule has 29 heavy (non-hydrogen) atoms. The molecule has 0 spiro atoms. The van der Waals surface area contributed by atoms with E-state index in [-0.39, 0.29) is 11.9 Å². The van der Waals surface area contributed by atoms with Gasteiger partial charge in [-0.05, 0) is 92.1 Å². The van der Waals surface area contributed by atoms with E-state index in [0.717, 1.165) is 44.9 Å². The lowest BCUT2D eigenvalue weighted by Crippen LogP contribution is -2.20. The van der Waals surface area contributed by atoms with E-state index >= 15 is 0 Å². The number of esters is 1. The Hall–Kier alpha value is -1.57. The first-order valence-electron chi connectivity index (χ1n) is 11.7. The van der Waals surface area contributed by atoms with Crippen molar-refractivity contribution in [2.45, 2.75) is 105 Å². The lowest BCUT2D eigenvalue weighted by molar-refractivity contribution is -0.148. The molecule has 2 nitrogen and oxygen atoms in total. The molecule has 0 bridgehead atoms. The van der Waals surface area contributed by atoms with Crippen molar-refractivity contribution in [3.8, 4) is 0 Å². The van der Waals surface area contributed by atoms with Crippen LogP contribution in [0, 0.1) is 5.92 Å². The first kappa shape index (κ1) is 25.5. The summed E-state index contributed by atoms with van der Waals surface area (Å²) in [6.07, 6.45) is 21.5. The molecule has 0 heterocycles. The Morgan fingerprint density at radius 1 is 0.724 bits per heavy atom. The van der Waals surface area contributed by atoms with Crippen molar-refractivity contribution >= 4 is 5.97 Å². The third-order valence-corrected chi connectivity index (χ3v) is 5.75. The van der Waals surface area contributed by atoms with Gasteiger partial charge in [0.25, 0.3) is 0 Å². The van der Waals surface area contributed by atoms with Gasteiger partial charge < -0.3 is 4.74 Å². The summed E-state index contributed by atoms with van der Waals surface area (Å²) in [6.45, 7) is 11.4. The fourth-order valence-corrected chi connectivity index (χ4v) is 3.71. The molecule has 0 aromatic rings. The summed E-state index contributed by atoms with van der Waals surface area (Å²) < 4.78 is 5.46. The van der Waals surface area contributed by atoms with Crippen LogP contribution < -0.4 is 0 Å². The second-order valence-corrected chi connectivity index (χ2v) is 9.01. The maximum Gasteiger partial charge on any atom is 0.309 e. The predicted octanol–water partition coefficient (Wildman–Crippen LogP) is 8.26. The van der Waals surface area contributed by atoms with Gasteiger partial charge in [-0.1, -0.05) is 59.8 Å². The molecule has 1 aliphatic carbocycles. The highest BCUT2D eigenvalue weighted by atomic mass is 16.5. The van der Waals surface area contributed by atoms with Crippen LogP contribution in [0.3, 0.4) is 0 Å². The van der Waals surface area contributed by atoms with Crippen LogP contribution in [0.25, 0.3) is 0 Å². The van der Waals surface area contributed by atoms with Crippen LogP contribution in [0.2, 0.25) is 0 Å². The highest BCUT2D eigenvalue weighted by Gasteiger charge is 2.21. The maximum atomic E-state index is 12.1. The average molecular weight is 401 g/mol. The number of carbonyl (C=O) groups excluding carboxylic acids is 1. The highest BCUT2D eigenvalue weighted by Crippen LogP contribution is 2.24. The molecule has 0 aromatic heterocycles. The van der Waals surface area contributed by atoms with E-state index in [4.69, 9.17) is 4.74 Å². The summed E-state index contributed by atoms with van der Waals surface area (Å²) in [7, 11) is 0. The molecule has 0 atom stereocenters. The predicted molar refractivity (Wildman–Crippen MR) is 126 cm³/mol. The lowest BCUT2D eigenvalue weighted by atomic mass is 9.89. The number of rotatable bonds is 12. The van der Waals surface area contributed by atoms with Crippen molar-refractivity contribution in [3.63, 3.8) is 0 Å². The summed E-state index contributed by atoms with van der Waals surface area (Å²) in [5.41, 5.74) is 5.68. The highest BCUT2D eigenvalue weighted by molar-refractivity contribution is 5.72. The normalized spacial score (nSPS) is 16.7. The smallest absolute Gasteiger partial charge is 0.309 e. The molecule has 164 valence electrons. The van der Waals surface area contributed by atoms with Gasteiger partial charge in [-0.25, -0.2) is 0 Å². The molecule has 1 fully saturated rings. The summed E-state index contributed by atoms with van der Waals surface area (Å²) >= 11 is 0. The van der Waals surface area contributed by atoms with Crippen molar-refractivity contribution in [1.82, 2.24) is 0 Å². The maximum absolute atomic E-state index is 12.1. The Balaban J connectivity index is 2.19. The second kappa shape index (κ2) is 15.3. The van der Waals surface area contributed by atoms with Crippen LogP contribution in [0.15, 0.2) is 46.6 Å². The van der Waals surface area contributed by atoms with Gasteiger partial charge in [0.05, 0.1) is 5.92 Å². The van der Waals surface area contributed by atoms with E-state index in [1.165, 1.54) is 48.0 Å². The van der Waals surface area contributed by atoms with Crippen molar-refractivity contribution in [3.05, 3.63) is 46.6 Å². The zero-order valence-electron chi connectivity index (χ0n) is 19.7. The third-order valence-electron chi connectivity index (χ3n) is 5.75. The lowest BCUT2D eigenvalue weighted by Gasteiger charge is -2.19. The molecule has 0 N–H and O–H groups in total. The molecule has 0 unspecified atom stereocenters. The number of allylic oxidation sites excluding steroid dienone is 7. The van der Waals surface area contributed by atoms with Gasteiger partial charge in [-0.2, -0.15) is 0 Å². The van der Waals surface area contributed by atoms with Crippen molar-refractivity contribution < 1.29 is 9.53 Å². The molecule has 2 heteroatoms. The van der Waals surface area contributed by atoms with E-state index in [0.29, 0.717) is 6.61 Å². The largest absolute Gasteiger partial charge is 0.461 e. The summed E-state index contributed by atoms with van der Waals surface area (Å²) in [5.74, 6) is 0.154. The number of hydrogen-bond donors (Lipinski definition) is 0. The molecule has 0 aliphatic heterocycles. The van der Waals surface area contributed by atoms with Crippen molar-refractivity contribution in [1.29, 1.82) is 0 Å². The molecule has 0 aromatic carbocycles. The first-order chi connectivity index (χ1) is 13.9. The van der Waals surface area contributed by atoms with Gasteiger partial charge in [0, 0.05) is 0 Å². The monoisotopic (exact) mass is 400 g/mol. The SMILES string of the molecule is CC(C)=CCCC(C)=CCCC(C)=CCCC(C)=CCOC(=O)C1CCCCC1. The minimum Gasteiger partial charge on any atom is -0.461 e. The fourth-order valence-electron chi connectivity index (χ4n) is 3.71. The van der Waals surface area contributed by atoms with Crippen LogP contribution in [0.5, 0.6) is 0 Å². The van der Waals surface area contributed by atoms with E-state index in [1.807, 2.05) is 0 Å². The van der Waals surface area contributed by atoms with Crippen LogP contribution >= 0.6 is 0 Å². The summed E-state index contributed by atoms with van der Waals surface area (Å²) in [5, 5.41) is 0. The van der Waals surface area contributed by atoms with E-state index < -0.39 is 0 Å². The summed E-state index contributed by atoms with van der Waals surface area (Å²) in [4.78, 5) is 12.1. The molecular weight excluding hydrogens is 356 g/mol. The van der Waals surface area contributed by atoms with Gasteiger partial charge in [0.15, 0.2) is 0 Å². The topological polar surface area (TPSA) is 26.3 Å². The van der Waals surface area contributed by atoms with Gasteiger partial charge in [-0.15, -0.1) is 0 Å². The Kier molecular flexibility index (Phi) is 13.4. The van der Waals surface area contributed by atoms with E-state index in [1.54, 1.807) is 0 Å². The first-order valence-corrected chi connectivity index (χ1v) is 11.7. The van der Waals surface area contributed by atoms with Crippen molar-refractivity contribution in [2.75, 3.05) is 6.61 Å². The van der Waals surface area contributed by atoms with Crippen LogP contribution in [-0.4, -0.2) is 12.6 Å². The third kappa shape index (κ3) is 13.3. The molecule has 0 amide bonds. The minimum absolute atomic E-state index is 0.00805. The van der Waals surface area contributed by atoms with E-state index in [2.05, 4.69) is 58.9 Å².